The first-order valence-corrected chi connectivity index (χ1v) is 6.77. The maximum Gasteiger partial charge on any atom is 0.308 e. The van der Waals surface area contributed by atoms with E-state index in [-0.39, 0.29) is 17.9 Å². The Morgan fingerprint density at radius 2 is 1.94 bits per heavy atom. The zero-order valence-electron chi connectivity index (χ0n) is 11.3. The molecule has 18 heavy (non-hydrogen) atoms. The molecule has 1 amide bonds. The maximum atomic E-state index is 12.3. The van der Waals surface area contributed by atoms with E-state index in [0.717, 1.165) is 32.4 Å². The third kappa shape index (κ3) is 3.45. The molecule has 0 aromatic carbocycles. The largest absolute Gasteiger partial charge is 0.481 e. The highest BCUT2D eigenvalue weighted by Gasteiger charge is 2.37. The number of carbonyl (C=O) groups excluding carboxylic acids is 1. The SMILES string of the molecule is CCC(CNC(=O)C1(CC)CCNCC1)C(=O)O. The van der Waals surface area contributed by atoms with Gasteiger partial charge < -0.3 is 15.7 Å². The lowest BCUT2D eigenvalue weighted by molar-refractivity contribution is -0.142. The number of amides is 1. The first-order valence-electron chi connectivity index (χ1n) is 6.77. The van der Waals surface area contributed by atoms with Gasteiger partial charge in [0.25, 0.3) is 0 Å². The quantitative estimate of drug-likeness (QED) is 0.662. The van der Waals surface area contributed by atoms with E-state index in [4.69, 9.17) is 5.11 Å². The van der Waals surface area contributed by atoms with Gasteiger partial charge in [-0.15, -0.1) is 0 Å². The summed E-state index contributed by atoms with van der Waals surface area (Å²) >= 11 is 0. The Balaban J connectivity index is 2.54. The van der Waals surface area contributed by atoms with E-state index in [9.17, 15) is 9.59 Å². The summed E-state index contributed by atoms with van der Waals surface area (Å²) in [7, 11) is 0. The first kappa shape index (κ1) is 15.0. The molecule has 1 fully saturated rings. The van der Waals surface area contributed by atoms with Crippen LogP contribution in [0.2, 0.25) is 0 Å². The van der Waals surface area contributed by atoms with Crippen molar-refractivity contribution in [1.29, 1.82) is 0 Å². The van der Waals surface area contributed by atoms with Crippen molar-refractivity contribution in [1.82, 2.24) is 10.6 Å². The molecule has 0 spiro atoms. The summed E-state index contributed by atoms with van der Waals surface area (Å²) in [5.74, 6) is -1.30. The van der Waals surface area contributed by atoms with Crippen LogP contribution >= 0.6 is 0 Å². The summed E-state index contributed by atoms with van der Waals surface area (Å²) in [6.07, 6.45) is 3.01. The number of piperidine rings is 1. The summed E-state index contributed by atoms with van der Waals surface area (Å²) < 4.78 is 0. The van der Waals surface area contributed by atoms with Crippen LogP contribution in [-0.4, -0.2) is 36.6 Å². The third-order valence-electron chi connectivity index (χ3n) is 4.07. The number of aliphatic carboxylic acids is 1. The molecule has 104 valence electrons. The fraction of sp³-hybridized carbons (Fsp3) is 0.846. The molecule has 3 N–H and O–H groups in total. The summed E-state index contributed by atoms with van der Waals surface area (Å²) in [5, 5.41) is 15.0. The molecule has 1 unspecified atom stereocenters. The van der Waals surface area contributed by atoms with Crippen LogP contribution in [0, 0.1) is 11.3 Å². The predicted octanol–water partition coefficient (Wildman–Crippen LogP) is 0.993. The molecule has 1 saturated heterocycles. The summed E-state index contributed by atoms with van der Waals surface area (Å²) in [5.41, 5.74) is -0.304. The monoisotopic (exact) mass is 256 g/mol. The van der Waals surface area contributed by atoms with Crippen LogP contribution in [0.3, 0.4) is 0 Å². The fourth-order valence-electron chi connectivity index (χ4n) is 2.46. The van der Waals surface area contributed by atoms with Crippen LogP contribution in [0.5, 0.6) is 0 Å². The van der Waals surface area contributed by atoms with Gasteiger partial charge in [0, 0.05) is 6.54 Å². The molecular formula is C13H24N2O3. The minimum Gasteiger partial charge on any atom is -0.481 e. The Morgan fingerprint density at radius 1 is 1.33 bits per heavy atom. The highest BCUT2D eigenvalue weighted by molar-refractivity contribution is 5.83. The predicted molar refractivity (Wildman–Crippen MR) is 69.3 cm³/mol. The van der Waals surface area contributed by atoms with Crippen molar-refractivity contribution >= 4 is 11.9 Å². The van der Waals surface area contributed by atoms with Gasteiger partial charge in [-0.2, -0.15) is 0 Å². The second kappa shape index (κ2) is 6.73. The van der Waals surface area contributed by atoms with Crippen molar-refractivity contribution < 1.29 is 14.7 Å². The number of hydrogen-bond acceptors (Lipinski definition) is 3. The number of carboxylic acids is 1. The number of carbonyl (C=O) groups is 2. The van der Waals surface area contributed by atoms with E-state index in [0.29, 0.717) is 6.42 Å². The van der Waals surface area contributed by atoms with Crippen molar-refractivity contribution in [2.45, 2.75) is 39.5 Å². The lowest BCUT2D eigenvalue weighted by Crippen LogP contribution is -2.48. The van der Waals surface area contributed by atoms with Gasteiger partial charge in [-0.1, -0.05) is 13.8 Å². The van der Waals surface area contributed by atoms with E-state index in [2.05, 4.69) is 10.6 Å². The van der Waals surface area contributed by atoms with Crippen LogP contribution in [0.25, 0.3) is 0 Å². The minimum atomic E-state index is -0.839. The molecule has 5 nitrogen and oxygen atoms in total. The average molecular weight is 256 g/mol. The zero-order chi connectivity index (χ0) is 13.6. The Kier molecular flexibility index (Phi) is 5.59. The van der Waals surface area contributed by atoms with E-state index < -0.39 is 11.9 Å². The molecule has 1 heterocycles. The topological polar surface area (TPSA) is 78.4 Å². The van der Waals surface area contributed by atoms with Crippen LogP contribution < -0.4 is 10.6 Å². The zero-order valence-corrected chi connectivity index (χ0v) is 11.3. The van der Waals surface area contributed by atoms with Crippen molar-refractivity contribution in [2.24, 2.45) is 11.3 Å². The molecule has 0 radical (unpaired) electrons. The average Bonchev–Trinajstić information content (AvgIpc) is 2.39. The summed E-state index contributed by atoms with van der Waals surface area (Å²) in [4.78, 5) is 23.2. The van der Waals surface area contributed by atoms with Gasteiger partial charge in [0.2, 0.25) is 5.91 Å². The van der Waals surface area contributed by atoms with Gasteiger partial charge in [0.05, 0.1) is 11.3 Å². The second-order valence-corrected chi connectivity index (χ2v) is 5.04. The molecule has 0 bridgehead atoms. The number of carboxylic acid groups (broad SMARTS) is 1. The Hall–Kier alpha value is -1.10. The van der Waals surface area contributed by atoms with Gasteiger partial charge in [-0.25, -0.2) is 0 Å². The highest BCUT2D eigenvalue weighted by Crippen LogP contribution is 2.32. The molecule has 1 atom stereocenters. The summed E-state index contributed by atoms with van der Waals surface area (Å²) in [6.45, 7) is 5.80. The Morgan fingerprint density at radius 3 is 2.39 bits per heavy atom. The van der Waals surface area contributed by atoms with Gasteiger partial charge >= 0.3 is 5.97 Å². The molecular weight excluding hydrogens is 232 g/mol. The smallest absolute Gasteiger partial charge is 0.308 e. The van der Waals surface area contributed by atoms with Crippen LogP contribution in [-0.2, 0) is 9.59 Å². The number of rotatable bonds is 6. The fourth-order valence-corrected chi connectivity index (χ4v) is 2.46. The number of hydrogen-bond donors (Lipinski definition) is 3. The standard InChI is InChI=1S/C13H24N2O3/c1-3-10(11(16)17)9-15-12(18)13(4-2)5-7-14-8-6-13/h10,14H,3-9H2,1-2H3,(H,15,18)(H,16,17). The first-order chi connectivity index (χ1) is 8.55. The molecule has 0 aromatic rings. The lowest BCUT2D eigenvalue weighted by atomic mass is 9.76. The third-order valence-corrected chi connectivity index (χ3v) is 4.07. The van der Waals surface area contributed by atoms with Crippen LogP contribution in [0.4, 0.5) is 0 Å². The van der Waals surface area contributed by atoms with Crippen molar-refractivity contribution in [3.8, 4) is 0 Å². The van der Waals surface area contributed by atoms with Gasteiger partial charge in [-0.05, 0) is 38.8 Å². The maximum absolute atomic E-state index is 12.3. The van der Waals surface area contributed by atoms with E-state index in [1.807, 2.05) is 13.8 Å². The molecule has 5 heteroatoms. The van der Waals surface area contributed by atoms with Gasteiger partial charge in [-0.3, -0.25) is 9.59 Å². The van der Waals surface area contributed by atoms with Crippen LogP contribution in [0.15, 0.2) is 0 Å². The minimum absolute atomic E-state index is 0.0196. The summed E-state index contributed by atoms with van der Waals surface area (Å²) in [6, 6.07) is 0. The van der Waals surface area contributed by atoms with E-state index in [1.165, 1.54) is 0 Å². The Bertz CT molecular complexity index is 299. The Labute approximate surface area is 108 Å². The van der Waals surface area contributed by atoms with Crippen molar-refractivity contribution in [3.63, 3.8) is 0 Å². The van der Waals surface area contributed by atoms with Crippen molar-refractivity contribution in [2.75, 3.05) is 19.6 Å². The molecule has 1 aliphatic rings. The second-order valence-electron chi connectivity index (χ2n) is 5.04. The molecule has 0 aromatic heterocycles. The molecule has 0 saturated carbocycles. The van der Waals surface area contributed by atoms with Gasteiger partial charge in [0.1, 0.15) is 0 Å². The lowest BCUT2D eigenvalue weighted by Gasteiger charge is -2.35. The molecule has 0 aliphatic carbocycles. The number of nitrogens with one attached hydrogen (secondary N) is 2. The van der Waals surface area contributed by atoms with Gasteiger partial charge in [0.15, 0.2) is 0 Å². The van der Waals surface area contributed by atoms with Crippen molar-refractivity contribution in [3.05, 3.63) is 0 Å². The van der Waals surface area contributed by atoms with Crippen LogP contribution in [0.1, 0.15) is 39.5 Å². The highest BCUT2D eigenvalue weighted by atomic mass is 16.4. The molecule has 1 aliphatic heterocycles. The molecule has 1 rings (SSSR count). The normalized spacial score (nSPS) is 20.1. The van der Waals surface area contributed by atoms with E-state index >= 15 is 0 Å². The van der Waals surface area contributed by atoms with E-state index in [1.54, 1.807) is 0 Å².